The van der Waals surface area contributed by atoms with Crippen LogP contribution in [0.25, 0.3) is 0 Å². The highest BCUT2D eigenvalue weighted by Gasteiger charge is 2.35. The number of hydrogen-bond acceptors (Lipinski definition) is 1. The highest BCUT2D eigenvalue weighted by atomic mass is 15.1. The fourth-order valence-electron chi connectivity index (χ4n) is 3.28. The van der Waals surface area contributed by atoms with Crippen molar-refractivity contribution in [1.29, 1.82) is 0 Å². The van der Waals surface area contributed by atoms with Crippen molar-refractivity contribution in [3.8, 4) is 0 Å². The van der Waals surface area contributed by atoms with Gasteiger partial charge in [-0.1, -0.05) is 32.4 Å². The van der Waals surface area contributed by atoms with Gasteiger partial charge in [-0.2, -0.15) is 0 Å². The van der Waals surface area contributed by atoms with Crippen molar-refractivity contribution in [2.45, 2.75) is 52.9 Å². The van der Waals surface area contributed by atoms with Crippen LogP contribution in [0, 0.1) is 11.3 Å². The molecule has 0 saturated carbocycles. The normalized spacial score (nSPS) is 26.1. The molecular formula is C15H27N. The van der Waals surface area contributed by atoms with Gasteiger partial charge < -0.3 is 4.90 Å². The maximum absolute atomic E-state index is 2.60. The molecule has 2 aliphatic rings. The Kier molecular flexibility index (Phi) is 3.73. The van der Waals surface area contributed by atoms with E-state index in [0.29, 0.717) is 5.41 Å². The third kappa shape index (κ3) is 2.51. The van der Waals surface area contributed by atoms with E-state index in [2.05, 4.69) is 31.7 Å². The molecule has 1 nitrogen and oxygen atoms in total. The summed E-state index contributed by atoms with van der Waals surface area (Å²) >= 11 is 0. The number of allylic oxidation sites excluding steroid dienone is 2. The van der Waals surface area contributed by atoms with Crippen LogP contribution in [0.15, 0.2) is 11.6 Å². The topological polar surface area (TPSA) is 3.24 Å². The summed E-state index contributed by atoms with van der Waals surface area (Å²) in [5, 5.41) is 0. The molecule has 1 aliphatic carbocycles. The molecule has 2 rings (SSSR count). The maximum Gasteiger partial charge on any atom is -0.00134 e. The van der Waals surface area contributed by atoms with Gasteiger partial charge in [-0.3, -0.25) is 0 Å². The molecule has 1 heterocycles. The molecule has 16 heavy (non-hydrogen) atoms. The van der Waals surface area contributed by atoms with Gasteiger partial charge in [-0.25, -0.2) is 0 Å². The van der Waals surface area contributed by atoms with Crippen LogP contribution < -0.4 is 0 Å². The molecule has 0 amide bonds. The van der Waals surface area contributed by atoms with Gasteiger partial charge in [0.15, 0.2) is 0 Å². The average Bonchev–Trinajstić information content (AvgIpc) is 2.31. The van der Waals surface area contributed by atoms with Gasteiger partial charge in [0.25, 0.3) is 0 Å². The van der Waals surface area contributed by atoms with E-state index < -0.39 is 0 Å². The minimum absolute atomic E-state index is 0.685. The minimum atomic E-state index is 0.685. The van der Waals surface area contributed by atoms with Crippen LogP contribution in [0.3, 0.4) is 0 Å². The smallest absolute Gasteiger partial charge is 0.00134 e. The largest absolute Gasteiger partial charge is 0.304 e. The predicted molar refractivity (Wildman–Crippen MR) is 70.6 cm³/mol. The Morgan fingerprint density at radius 1 is 1.25 bits per heavy atom. The van der Waals surface area contributed by atoms with E-state index >= 15 is 0 Å². The van der Waals surface area contributed by atoms with Gasteiger partial charge in [-0.05, 0) is 63.1 Å². The summed E-state index contributed by atoms with van der Waals surface area (Å²) in [5.41, 5.74) is 2.40. The van der Waals surface area contributed by atoms with Crippen molar-refractivity contribution < 1.29 is 0 Å². The third-order valence-corrected chi connectivity index (χ3v) is 4.85. The molecule has 1 heteroatoms. The van der Waals surface area contributed by atoms with Gasteiger partial charge in [0.05, 0.1) is 0 Å². The summed E-state index contributed by atoms with van der Waals surface area (Å²) in [6, 6.07) is 0. The Bertz CT molecular complexity index is 257. The quantitative estimate of drug-likeness (QED) is 0.640. The fraction of sp³-hybridized carbons (Fsp3) is 0.867. The van der Waals surface area contributed by atoms with E-state index in [0.717, 1.165) is 5.92 Å². The van der Waals surface area contributed by atoms with Crippen molar-refractivity contribution in [2.75, 3.05) is 19.6 Å². The number of likely N-dealkylation sites (tertiary alicyclic amines) is 1. The summed E-state index contributed by atoms with van der Waals surface area (Å²) in [4.78, 5) is 2.60. The van der Waals surface area contributed by atoms with Gasteiger partial charge in [0, 0.05) is 0 Å². The van der Waals surface area contributed by atoms with Crippen LogP contribution in [0.1, 0.15) is 52.9 Å². The van der Waals surface area contributed by atoms with Gasteiger partial charge >= 0.3 is 0 Å². The monoisotopic (exact) mass is 221 g/mol. The Morgan fingerprint density at radius 2 is 1.94 bits per heavy atom. The van der Waals surface area contributed by atoms with E-state index in [1.165, 1.54) is 51.7 Å². The number of rotatable bonds is 2. The summed E-state index contributed by atoms with van der Waals surface area (Å²) in [7, 11) is 0. The molecule has 1 saturated heterocycles. The average molecular weight is 221 g/mol. The second kappa shape index (κ2) is 4.91. The molecule has 0 radical (unpaired) electrons. The summed E-state index contributed by atoms with van der Waals surface area (Å²) < 4.78 is 0. The van der Waals surface area contributed by atoms with E-state index in [-0.39, 0.29) is 0 Å². The first kappa shape index (κ1) is 12.2. The highest BCUT2D eigenvalue weighted by molar-refractivity contribution is 5.12. The lowest BCUT2D eigenvalue weighted by Gasteiger charge is -2.44. The highest BCUT2D eigenvalue weighted by Crippen LogP contribution is 2.44. The van der Waals surface area contributed by atoms with Crippen molar-refractivity contribution in [3.63, 3.8) is 0 Å². The summed E-state index contributed by atoms with van der Waals surface area (Å²) in [6.07, 6.45) is 9.61. The molecular weight excluding hydrogens is 194 g/mol. The van der Waals surface area contributed by atoms with Crippen LogP contribution in [-0.2, 0) is 0 Å². The molecule has 92 valence electrons. The Morgan fingerprint density at radius 3 is 2.38 bits per heavy atom. The zero-order valence-electron chi connectivity index (χ0n) is 11.3. The van der Waals surface area contributed by atoms with Gasteiger partial charge in [0.1, 0.15) is 0 Å². The van der Waals surface area contributed by atoms with Crippen molar-refractivity contribution in [1.82, 2.24) is 4.90 Å². The zero-order valence-corrected chi connectivity index (χ0v) is 11.3. The minimum Gasteiger partial charge on any atom is -0.304 e. The number of piperidine rings is 1. The molecule has 1 spiro atoms. The first-order valence-electron chi connectivity index (χ1n) is 7.06. The molecule has 1 aliphatic heterocycles. The van der Waals surface area contributed by atoms with E-state index in [9.17, 15) is 0 Å². The molecule has 0 aromatic carbocycles. The summed E-state index contributed by atoms with van der Waals surface area (Å²) in [5.74, 6) is 0.771. The Labute approximate surface area is 101 Å². The van der Waals surface area contributed by atoms with Crippen molar-refractivity contribution in [3.05, 3.63) is 11.6 Å². The van der Waals surface area contributed by atoms with Gasteiger partial charge in [0.2, 0.25) is 0 Å². The van der Waals surface area contributed by atoms with E-state index in [1.807, 2.05) is 0 Å². The van der Waals surface area contributed by atoms with Crippen LogP contribution in [0.5, 0.6) is 0 Å². The van der Waals surface area contributed by atoms with E-state index in [4.69, 9.17) is 0 Å². The molecule has 0 atom stereocenters. The lowest BCUT2D eigenvalue weighted by atomic mass is 9.68. The maximum atomic E-state index is 2.60. The molecule has 0 unspecified atom stereocenters. The zero-order chi connectivity index (χ0) is 11.6. The number of nitrogens with zero attached hydrogens (tertiary/aromatic N) is 1. The van der Waals surface area contributed by atoms with Crippen LogP contribution in [-0.4, -0.2) is 24.5 Å². The second-order valence-electron chi connectivity index (χ2n) is 6.07. The molecule has 0 bridgehead atoms. The standard InChI is InChI=1S/C15H27N/c1-4-16-11-9-15(10-12-16)7-5-14(6-8-15)13(2)3/h5,13H,4,6-12H2,1-3H3. The van der Waals surface area contributed by atoms with Crippen molar-refractivity contribution in [2.24, 2.45) is 11.3 Å². The first-order valence-corrected chi connectivity index (χ1v) is 7.06. The van der Waals surface area contributed by atoms with Gasteiger partial charge in [-0.15, -0.1) is 0 Å². The molecule has 0 aromatic heterocycles. The number of hydrogen-bond donors (Lipinski definition) is 0. The lowest BCUT2D eigenvalue weighted by Crippen LogP contribution is -2.40. The van der Waals surface area contributed by atoms with Crippen molar-refractivity contribution >= 4 is 0 Å². The third-order valence-electron chi connectivity index (χ3n) is 4.85. The summed E-state index contributed by atoms with van der Waals surface area (Å²) in [6.45, 7) is 10.9. The predicted octanol–water partition coefficient (Wildman–Crippen LogP) is 3.85. The SMILES string of the molecule is CCN1CCC2(CC=C(C(C)C)CC2)CC1. The fourth-order valence-corrected chi connectivity index (χ4v) is 3.28. The van der Waals surface area contributed by atoms with Crippen LogP contribution >= 0.6 is 0 Å². The van der Waals surface area contributed by atoms with E-state index in [1.54, 1.807) is 5.57 Å². The Hall–Kier alpha value is -0.300. The molecule has 0 aromatic rings. The first-order chi connectivity index (χ1) is 7.65. The molecule has 0 N–H and O–H groups in total. The Balaban J connectivity index is 1.93. The van der Waals surface area contributed by atoms with Crippen LogP contribution in [0.4, 0.5) is 0 Å². The lowest BCUT2D eigenvalue weighted by molar-refractivity contribution is 0.0956. The van der Waals surface area contributed by atoms with Crippen LogP contribution in [0.2, 0.25) is 0 Å². The molecule has 1 fully saturated rings. The second-order valence-corrected chi connectivity index (χ2v) is 6.07.